The van der Waals surface area contributed by atoms with E-state index in [4.69, 9.17) is 14.6 Å². The smallest absolute Gasteiger partial charge is 0.304 e. The van der Waals surface area contributed by atoms with Crippen LogP contribution in [-0.4, -0.2) is 32.3 Å². The molecule has 0 aliphatic rings. The van der Waals surface area contributed by atoms with Crippen molar-refractivity contribution < 1.29 is 14.4 Å². The van der Waals surface area contributed by atoms with Gasteiger partial charge < -0.3 is 19.5 Å². The van der Waals surface area contributed by atoms with E-state index in [0.29, 0.717) is 24.8 Å². The Hall–Kier alpha value is -4.23. The number of rotatable bonds is 9. The molecule has 0 saturated heterocycles. The lowest BCUT2D eigenvalue weighted by molar-refractivity contribution is -0.136. The van der Waals surface area contributed by atoms with Gasteiger partial charge in [-0.25, -0.2) is 0 Å². The summed E-state index contributed by atoms with van der Waals surface area (Å²) in [5, 5.41) is 17.2. The first kappa shape index (κ1) is 24.5. The molecule has 0 unspecified atom stereocenters. The maximum absolute atomic E-state index is 10.6. The average molecular weight is 495 g/mol. The van der Waals surface area contributed by atoms with Gasteiger partial charge in [-0.15, -0.1) is 0 Å². The number of fused-ring (bicyclic) bond motifs is 1. The van der Waals surface area contributed by atoms with E-state index in [1.807, 2.05) is 24.3 Å². The molecule has 0 aliphatic carbocycles. The summed E-state index contributed by atoms with van der Waals surface area (Å²) in [6.45, 7) is 8.15. The maximum Gasteiger partial charge on any atom is 0.304 e. The summed E-state index contributed by atoms with van der Waals surface area (Å²) in [5.41, 5.74) is 8.95. The molecule has 0 fully saturated rings. The molecule has 37 heavy (non-hydrogen) atoms. The maximum atomic E-state index is 10.6. The third kappa shape index (κ3) is 5.47. The van der Waals surface area contributed by atoms with Crippen LogP contribution in [0.2, 0.25) is 0 Å². The largest absolute Gasteiger partial charge is 0.481 e. The van der Waals surface area contributed by atoms with Gasteiger partial charge in [0, 0.05) is 42.3 Å². The number of hydrogen-bond donors (Lipinski definition) is 2. The molecule has 188 valence electrons. The standard InChI is InChI=1S/C30H30N4O3/c1-19-4-11-27-25(14-19)26(18-34(27)17-23-6-5-20(2)21(3)15-23)30-32-29(33-37-30)24-9-7-22(8-10-24)16-31-13-12-28(35)36/h4-11,14-15,18,31H,12-13,16-17H2,1-3H3,(H,35,36). The van der Waals surface area contributed by atoms with E-state index in [1.165, 1.54) is 22.3 Å². The normalized spacial score (nSPS) is 11.3. The zero-order valence-electron chi connectivity index (χ0n) is 21.3. The second kappa shape index (κ2) is 10.4. The van der Waals surface area contributed by atoms with E-state index in [9.17, 15) is 4.79 Å². The number of aromatic nitrogens is 3. The van der Waals surface area contributed by atoms with Gasteiger partial charge in [0.1, 0.15) is 0 Å². The SMILES string of the molecule is Cc1ccc2c(c1)c(-c1nc(-c3ccc(CNCCC(=O)O)cc3)no1)cn2Cc1ccc(C)c(C)c1. The molecule has 2 N–H and O–H groups in total. The molecule has 5 aromatic rings. The van der Waals surface area contributed by atoms with Crippen LogP contribution in [0.15, 0.2) is 71.4 Å². The van der Waals surface area contributed by atoms with Crippen molar-refractivity contribution in [3.63, 3.8) is 0 Å². The summed E-state index contributed by atoms with van der Waals surface area (Å²) in [5.74, 6) is 0.214. The van der Waals surface area contributed by atoms with Gasteiger partial charge in [0.25, 0.3) is 5.89 Å². The minimum absolute atomic E-state index is 0.102. The van der Waals surface area contributed by atoms with Crippen molar-refractivity contribution >= 4 is 16.9 Å². The third-order valence-electron chi connectivity index (χ3n) is 6.67. The third-order valence-corrected chi connectivity index (χ3v) is 6.67. The highest BCUT2D eigenvalue weighted by atomic mass is 16.5. The monoisotopic (exact) mass is 494 g/mol. The molecule has 2 aromatic heterocycles. The number of carbonyl (C=O) groups is 1. The first-order chi connectivity index (χ1) is 17.9. The highest BCUT2D eigenvalue weighted by Gasteiger charge is 2.17. The van der Waals surface area contributed by atoms with Crippen molar-refractivity contribution in [2.24, 2.45) is 0 Å². The Labute approximate surface area is 215 Å². The molecule has 0 bridgehead atoms. The van der Waals surface area contributed by atoms with Crippen LogP contribution in [0.1, 0.15) is 34.2 Å². The number of aryl methyl sites for hydroxylation is 3. The van der Waals surface area contributed by atoms with Crippen molar-refractivity contribution in [1.29, 1.82) is 0 Å². The van der Waals surface area contributed by atoms with E-state index in [2.05, 4.69) is 78.4 Å². The number of nitrogens with one attached hydrogen (secondary N) is 1. The zero-order chi connectivity index (χ0) is 25.9. The van der Waals surface area contributed by atoms with Gasteiger partial charge in [-0.05, 0) is 55.2 Å². The van der Waals surface area contributed by atoms with Crippen molar-refractivity contribution in [2.45, 2.75) is 40.3 Å². The van der Waals surface area contributed by atoms with Gasteiger partial charge in [-0.1, -0.05) is 59.3 Å². The van der Waals surface area contributed by atoms with E-state index in [-0.39, 0.29) is 6.42 Å². The fourth-order valence-electron chi connectivity index (χ4n) is 4.46. The molecule has 0 radical (unpaired) electrons. The Kier molecular flexibility index (Phi) is 6.88. The summed E-state index contributed by atoms with van der Waals surface area (Å²) in [4.78, 5) is 15.4. The lowest BCUT2D eigenvalue weighted by Gasteiger charge is -2.08. The number of carboxylic acids is 1. The molecule has 0 saturated carbocycles. The van der Waals surface area contributed by atoms with Crippen LogP contribution < -0.4 is 5.32 Å². The van der Waals surface area contributed by atoms with Gasteiger partial charge in [-0.3, -0.25) is 4.79 Å². The predicted molar refractivity (Wildman–Crippen MR) is 144 cm³/mol. The number of carboxylic acid groups (broad SMARTS) is 1. The molecule has 0 amide bonds. The predicted octanol–water partition coefficient (Wildman–Crippen LogP) is 5.90. The Morgan fingerprint density at radius 3 is 2.51 bits per heavy atom. The number of aliphatic carboxylic acids is 1. The molecular weight excluding hydrogens is 464 g/mol. The first-order valence-electron chi connectivity index (χ1n) is 12.4. The van der Waals surface area contributed by atoms with Crippen molar-refractivity contribution in [1.82, 2.24) is 20.0 Å². The minimum atomic E-state index is -0.806. The van der Waals surface area contributed by atoms with Gasteiger partial charge >= 0.3 is 5.97 Å². The van der Waals surface area contributed by atoms with E-state index in [1.54, 1.807) is 0 Å². The van der Waals surface area contributed by atoms with Crippen LogP contribution in [0.25, 0.3) is 33.7 Å². The van der Waals surface area contributed by atoms with Gasteiger partial charge in [0.15, 0.2) is 0 Å². The molecule has 7 nitrogen and oxygen atoms in total. The second-order valence-electron chi connectivity index (χ2n) is 9.55. The van der Waals surface area contributed by atoms with Crippen molar-refractivity contribution in [3.05, 3.63) is 94.7 Å². The Bertz CT molecular complexity index is 1560. The lowest BCUT2D eigenvalue weighted by Crippen LogP contribution is -2.17. The molecule has 7 heteroatoms. The quantitative estimate of drug-likeness (QED) is 0.248. The Morgan fingerprint density at radius 2 is 1.76 bits per heavy atom. The van der Waals surface area contributed by atoms with Crippen LogP contribution in [-0.2, 0) is 17.9 Å². The van der Waals surface area contributed by atoms with E-state index >= 15 is 0 Å². The highest BCUT2D eigenvalue weighted by molar-refractivity contribution is 5.94. The van der Waals surface area contributed by atoms with Crippen molar-refractivity contribution in [3.8, 4) is 22.8 Å². The summed E-state index contributed by atoms with van der Waals surface area (Å²) in [6.07, 6.45) is 2.20. The lowest BCUT2D eigenvalue weighted by atomic mass is 10.1. The highest BCUT2D eigenvalue weighted by Crippen LogP contribution is 2.32. The van der Waals surface area contributed by atoms with Gasteiger partial charge in [0.2, 0.25) is 5.82 Å². The molecule has 2 heterocycles. The summed E-state index contributed by atoms with van der Waals surface area (Å²) in [6, 6.07) is 20.9. The molecule has 3 aromatic carbocycles. The van der Waals surface area contributed by atoms with E-state index < -0.39 is 5.97 Å². The van der Waals surface area contributed by atoms with Gasteiger partial charge in [-0.2, -0.15) is 4.98 Å². The van der Waals surface area contributed by atoms with Crippen LogP contribution >= 0.6 is 0 Å². The fraction of sp³-hybridized carbons (Fsp3) is 0.233. The topological polar surface area (TPSA) is 93.2 Å². The Morgan fingerprint density at radius 1 is 0.973 bits per heavy atom. The molecular formula is C30H30N4O3. The van der Waals surface area contributed by atoms with Crippen LogP contribution in [0.4, 0.5) is 0 Å². The average Bonchev–Trinajstić information content (AvgIpc) is 3.49. The fourth-order valence-corrected chi connectivity index (χ4v) is 4.46. The van der Waals surface area contributed by atoms with Crippen molar-refractivity contribution in [2.75, 3.05) is 6.54 Å². The minimum Gasteiger partial charge on any atom is -0.481 e. The second-order valence-corrected chi connectivity index (χ2v) is 9.55. The Balaban J connectivity index is 1.40. The first-order valence-corrected chi connectivity index (χ1v) is 12.4. The van der Waals surface area contributed by atoms with Crippen LogP contribution in [0.5, 0.6) is 0 Å². The van der Waals surface area contributed by atoms with Gasteiger partial charge in [0.05, 0.1) is 12.0 Å². The molecule has 0 spiro atoms. The summed E-state index contributed by atoms with van der Waals surface area (Å²) in [7, 11) is 0. The van der Waals surface area contributed by atoms with E-state index in [0.717, 1.165) is 34.1 Å². The van der Waals surface area contributed by atoms with Crippen LogP contribution in [0.3, 0.4) is 0 Å². The van der Waals surface area contributed by atoms with Crippen LogP contribution in [0, 0.1) is 20.8 Å². The molecule has 0 atom stereocenters. The summed E-state index contributed by atoms with van der Waals surface area (Å²) >= 11 is 0. The number of nitrogens with zero attached hydrogens (tertiary/aromatic N) is 3. The zero-order valence-corrected chi connectivity index (χ0v) is 21.3. The molecule has 0 aliphatic heterocycles. The number of hydrogen-bond acceptors (Lipinski definition) is 5. The summed E-state index contributed by atoms with van der Waals surface area (Å²) < 4.78 is 7.98. The molecule has 5 rings (SSSR count). The number of benzene rings is 3.